The molecule has 0 atom stereocenters. The fraction of sp³-hybridized carbons (Fsp3) is 0.200. The second-order valence-corrected chi connectivity index (χ2v) is 6.76. The summed E-state index contributed by atoms with van der Waals surface area (Å²) in [5.74, 6) is -1.19. The number of furan rings is 1. The molecule has 0 aliphatic heterocycles. The molecule has 0 unspecified atom stereocenters. The van der Waals surface area contributed by atoms with E-state index in [0.29, 0.717) is 5.13 Å². The van der Waals surface area contributed by atoms with Crippen LogP contribution in [0.5, 0.6) is 0 Å². The van der Waals surface area contributed by atoms with Crippen LogP contribution < -0.4 is 11.1 Å². The van der Waals surface area contributed by atoms with Gasteiger partial charge < -0.3 is 14.9 Å². The summed E-state index contributed by atoms with van der Waals surface area (Å²) in [7, 11) is 0. The highest BCUT2D eigenvalue weighted by molar-refractivity contribution is 7.22. The van der Waals surface area contributed by atoms with Crippen molar-refractivity contribution in [1.29, 1.82) is 0 Å². The first kappa shape index (κ1) is 17.1. The van der Waals surface area contributed by atoms with Gasteiger partial charge in [0.05, 0.1) is 11.5 Å². The number of nitrogens with one attached hydrogen (secondary N) is 1. The number of ether oxygens (including phenoxy) is 1. The molecule has 0 saturated heterocycles. The van der Waals surface area contributed by atoms with Crippen LogP contribution in [0.1, 0.15) is 33.4 Å². The maximum absolute atomic E-state index is 12.1. The maximum Gasteiger partial charge on any atom is 0.342 e. The van der Waals surface area contributed by atoms with Crippen molar-refractivity contribution in [3.63, 3.8) is 0 Å². The number of hydrogen-bond donors (Lipinski definition) is 2. The molecule has 3 N–H and O–H groups in total. The summed E-state index contributed by atoms with van der Waals surface area (Å²) in [5.41, 5.74) is 5.37. The summed E-state index contributed by atoms with van der Waals surface area (Å²) in [4.78, 5) is 24.9. The first-order valence-corrected chi connectivity index (χ1v) is 8.95. The van der Waals surface area contributed by atoms with Gasteiger partial charge >= 0.3 is 5.97 Å². The summed E-state index contributed by atoms with van der Waals surface area (Å²) in [6, 6.07) is 3.85. The van der Waals surface area contributed by atoms with E-state index in [-0.39, 0.29) is 29.4 Å². The molecule has 3 aromatic rings. The highest BCUT2D eigenvalue weighted by atomic mass is 32.1. The van der Waals surface area contributed by atoms with Gasteiger partial charge in [0.15, 0.2) is 5.01 Å². The molecular formula is C15H14N4O4S2. The van der Waals surface area contributed by atoms with E-state index in [2.05, 4.69) is 15.5 Å². The second-order valence-electron chi connectivity index (χ2n) is 4.84. The van der Waals surface area contributed by atoms with Crippen LogP contribution in [0.15, 0.2) is 21.9 Å². The number of esters is 1. The van der Waals surface area contributed by atoms with E-state index in [9.17, 15) is 9.59 Å². The second kappa shape index (κ2) is 7.03. The smallest absolute Gasteiger partial charge is 0.342 e. The van der Waals surface area contributed by atoms with Gasteiger partial charge in [-0.05, 0) is 25.3 Å². The van der Waals surface area contributed by atoms with Gasteiger partial charge in [-0.1, -0.05) is 17.4 Å². The van der Waals surface area contributed by atoms with Gasteiger partial charge in [0.25, 0.3) is 5.91 Å². The van der Waals surface area contributed by atoms with Gasteiger partial charge in [-0.2, -0.15) is 0 Å². The van der Waals surface area contributed by atoms with Crippen molar-refractivity contribution in [1.82, 2.24) is 10.2 Å². The third-order valence-electron chi connectivity index (χ3n) is 3.19. The first-order valence-electron chi connectivity index (χ1n) is 7.26. The highest BCUT2D eigenvalue weighted by Gasteiger charge is 2.28. The molecule has 3 aromatic heterocycles. The van der Waals surface area contributed by atoms with Gasteiger partial charge in [0, 0.05) is 0 Å². The Bertz CT molecular complexity index is 914. The molecule has 0 saturated carbocycles. The Morgan fingerprint density at radius 1 is 1.36 bits per heavy atom. The molecule has 1 amide bonds. The van der Waals surface area contributed by atoms with Crippen LogP contribution in [0, 0.1) is 6.92 Å². The molecule has 0 aromatic carbocycles. The fourth-order valence-corrected chi connectivity index (χ4v) is 3.72. The Morgan fingerprint density at radius 3 is 2.80 bits per heavy atom. The molecule has 0 bridgehead atoms. The number of amides is 1. The van der Waals surface area contributed by atoms with Crippen LogP contribution in [-0.4, -0.2) is 28.7 Å². The average molecular weight is 378 g/mol. The lowest BCUT2D eigenvalue weighted by Crippen LogP contribution is -2.17. The molecule has 0 radical (unpaired) electrons. The van der Waals surface area contributed by atoms with E-state index >= 15 is 0 Å². The van der Waals surface area contributed by atoms with Crippen LogP contribution in [0.3, 0.4) is 0 Å². The van der Waals surface area contributed by atoms with E-state index in [4.69, 9.17) is 14.9 Å². The molecule has 10 heteroatoms. The van der Waals surface area contributed by atoms with Gasteiger partial charge in [-0.3, -0.25) is 10.1 Å². The third kappa shape index (κ3) is 3.39. The topological polar surface area (TPSA) is 120 Å². The highest BCUT2D eigenvalue weighted by Crippen LogP contribution is 2.34. The number of anilines is 2. The number of rotatable bonds is 6. The van der Waals surface area contributed by atoms with Crippen LogP contribution in [-0.2, 0) is 4.74 Å². The van der Waals surface area contributed by atoms with Crippen LogP contribution >= 0.6 is 22.7 Å². The number of carbonyl (C=O) groups excluding carboxylic acids is 2. The monoisotopic (exact) mass is 378 g/mol. The van der Waals surface area contributed by atoms with Gasteiger partial charge in [0.1, 0.15) is 16.9 Å². The average Bonchev–Trinajstić information content (AvgIpc) is 3.26. The predicted octanol–water partition coefficient (Wildman–Crippen LogP) is 3.19. The SMILES string of the molecule is CCOC(=O)c1c(C)oc(Nc2nnc(-c3cccs3)s2)c1C(N)=O. The van der Waals surface area contributed by atoms with Crippen molar-refractivity contribution in [3.05, 3.63) is 34.4 Å². The van der Waals surface area contributed by atoms with Crippen LogP contribution in [0.4, 0.5) is 11.0 Å². The van der Waals surface area contributed by atoms with E-state index < -0.39 is 11.9 Å². The summed E-state index contributed by atoms with van der Waals surface area (Å²) >= 11 is 2.83. The number of primary amides is 1. The molecule has 8 nitrogen and oxygen atoms in total. The first-order chi connectivity index (χ1) is 12.0. The molecule has 3 rings (SSSR count). The van der Waals surface area contributed by atoms with Gasteiger partial charge in [0.2, 0.25) is 11.0 Å². The van der Waals surface area contributed by atoms with Crippen LogP contribution in [0.25, 0.3) is 9.88 Å². The molecule has 0 spiro atoms. The van der Waals surface area contributed by atoms with Crippen molar-refractivity contribution in [3.8, 4) is 9.88 Å². The lowest BCUT2D eigenvalue weighted by molar-refractivity contribution is 0.0521. The quantitative estimate of drug-likeness (QED) is 0.632. The van der Waals surface area contributed by atoms with Crippen molar-refractivity contribution in [2.75, 3.05) is 11.9 Å². The summed E-state index contributed by atoms with van der Waals surface area (Å²) in [6.45, 7) is 3.40. The fourth-order valence-electron chi connectivity index (χ4n) is 2.19. The number of carbonyl (C=O) groups is 2. The summed E-state index contributed by atoms with van der Waals surface area (Å²) < 4.78 is 10.5. The van der Waals surface area contributed by atoms with Gasteiger partial charge in [-0.15, -0.1) is 21.5 Å². The lowest BCUT2D eigenvalue weighted by Gasteiger charge is -2.02. The number of nitrogens with zero attached hydrogens (tertiary/aromatic N) is 2. The third-order valence-corrected chi connectivity index (χ3v) is 5.07. The molecule has 0 aliphatic rings. The van der Waals surface area contributed by atoms with Crippen molar-refractivity contribution < 1.29 is 18.7 Å². The molecule has 3 heterocycles. The van der Waals surface area contributed by atoms with Gasteiger partial charge in [-0.25, -0.2) is 4.79 Å². The Morgan fingerprint density at radius 2 is 2.16 bits per heavy atom. The molecular weight excluding hydrogens is 364 g/mol. The largest absolute Gasteiger partial charge is 0.462 e. The van der Waals surface area contributed by atoms with Crippen LogP contribution in [0.2, 0.25) is 0 Å². The number of nitrogens with two attached hydrogens (primary N) is 1. The standard InChI is InChI=1S/C15H14N4O4S2/c1-3-22-14(21)9-7(2)23-12(10(9)11(16)20)17-15-19-18-13(25-15)8-5-4-6-24-8/h4-6H,3H2,1-2H3,(H2,16,20)(H,17,19). The van der Waals surface area contributed by atoms with E-state index in [0.717, 1.165) is 9.88 Å². The van der Waals surface area contributed by atoms with Crippen molar-refractivity contribution in [2.45, 2.75) is 13.8 Å². The van der Waals surface area contributed by atoms with E-state index in [1.807, 2.05) is 17.5 Å². The number of thiophene rings is 1. The molecule has 0 aliphatic carbocycles. The molecule has 130 valence electrons. The number of aryl methyl sites for hydroxylation is 1. The Balaban J connectivity index is 1.94. The Kier molecular flexibility index (Phi) is 4.81. The minimum Gasteiger partial charge on any atom is -0.462 e. The predicted molar refractivity (Wildman–Crippen MR) is 94.4 cm³/mol. The number of hydrogen-bond acceptors (Lipinski definition) is 9. The summed E-state index contributed by atoms with van der Waals surface area (Å²) in [5, 5.41) is 14.1. The Hall–Kier alpha value is -2.72. The zero-order valence-corrected chi connectivity index (χ0v) is 15.0. The minimum absolute atomic E-state index is 0.0137. The lowest BCUT2D eigenvalue weighted by atomic mass is 10.1. The van der Waals surface area contributed by atoms with E-state index in [1.54, 1.807) is 25.2 Å². The van der Waals surface area contributed by atoms with E-state index in [1.165, 1.54) is 11.3 Å². The normalized spacial score (nSPS) is 10.6. The van der Waals surface area contributed by atoms with Crippen molar-refractivity contribution >= 4 is 45.6 Å². The zero-order chi connectivity index (χ0) is 18.0. The minimum atomic E-state index is -0.801. The van der Waals surface area contributed by atoms with Crippen molar-refractivity contribution in [2.24, 2.45) is 5.73 Å². The molecule has 25 heavy (non-hydrogen) atoms. The Labute approximate surface area is 150 Å². The number of aromatic nitrogens is 2. The zero-order valence-electron chi connectivity index (χ0n) is 13.4. The molecule has 0 fully saturated rings. The summed E-state index contributed by atoms with van der Waals surface area (Å²) in [6.07, 6.45) is 0. The maximum atomic E-state index is 12.1.